The minimum absolute atomic E-state index is 0.106. The van der Waals surface area contributed by atoms with Crippen LogP contribution in [0.1, 0.15) is 11.1 Å². The minimum atomic E-state index is -0.324. The van der Waals surface area contributed by atoms with Gasteiger partial charge in [-0.2, -0.15) is 0 Å². The van der Waals surface area contributed by atoms with Gasteiger partial charge in [-0.1, -0.05) is 29.8 Å². The summed E-state index contributed by atoms with van der Waals surface area (Å²) in [5.41, 5.74) is 3.42. The first kappa shape index (κ1) is 16.2. The van der Waals surface area contributed by atoms with Gasteiger partial charge in [-0.25, -0.2) is 4.98 Å². The van der Waals surface area contributed by atoms with Crippen LogP contribution in [0.5, 0.6) is 0 Å². The van der Waals surface area contributed by atoms with Crippen molar-refractivity contribution in [2.45, 2.75) is 20.4 Å². The second-order valence-electron chi connectivity index (χ2n) is 5.66. The third-order valence-electron chi connectivity index (χ3n) is 3.75. The van der Waals surface area contributed by atoms with E-state index >= 15 is 0 Å². The lowest BCUT2D eigenvalue weighted by Crippen LogP contribution is -2.28. The predicted octanol–water partition coefficient (Wildman–Crippen LogP) is 3.31. The molecule has 0 aliphatic rings. The Morgan fingerprint density at radius 2 is 2.00 bits per heavy atom. The molecule has 2 aromatic carbocycles. The Labute approximate surface area is 143 Å². The molecule has 0 saturated carbocycles. The van der Waals surface area contributed by atoms with Crippen LogP contribution in [-0.2, 0) is 11.3 Å². The van der Waals surface area contributed by atoms with Crippen molar-refractivity contribution in [3.63, 3.8) is 0 Å². The average molecular weight is 342 g/mol. The molecular formula is C18H16ClN3O2. The number of rotatable bonds is 3. The number of halogens is 1. The molecule has 1 aromatic heterocycles. The molecule has 0 spiro atoms. The molecule has 3 rings (SSSR count). The molecular weight excluding hydrogens is 326 g/mol. The van der Waals surface area contributed by atoms with Crippen molar-refractivity contribution in [1.82, 2.24) is 9.55 Å². The molecule has 0 aliphatic carbocycles. The molecule has 3 aromatic rings. The number of benzene rings is 2. The second-order valence-corrected chi connectivity index (χ2v) is 6.07. The van der Waals surface area contributed by atoms with Crippen molar-refractivity contribution in [3.05, 3.63) is 69.1 Å². The Morgan fingerprint density at radius 1 is 1.25 bits per heavy atom. The molecule has 1 amide bonds. The number of anilines is 1. The third kappa shape index (κ3) is 3.16. The second kappa shape index (κ2) is 6.45. The maximum absolute atomic E-state index is 12.4. The normalized spacial score (nSPS) is 10.8. The summed E-state index contributed by atoms with van der Waals surface area (Å²) >= 11 is 6.21. The molecule has 0 aliphatic heterocycles. The molecule has 5 nitrogen and oxygen atoms in total. The van der Waals surface area contributed by atoms with Crippen molar-refractivity contribution in [3.8, 4) is 0 Å². The van der Waals surface area contributed by atoms with E-state index in [0.29, 0.717) is 21.7 Å². The fraction of sp³-hybridized carbons (Fsp3) is 0.167. The van der Waals surface area contributed by atoms with Gasteiger partial charge in [0.25, 0.3) is 5.56 Å². The highest BCUT2D eigenvalue weighted by atomic mass is 35.5. The summed E-state index contributed by atoms with van der Waals surface area (Å²) in [4.78, 5) is 28.6. The average Bonchev–Trinajstić information content (AvgIpc) is 2.53. The van der Waals surface area contributed by atoms with Crippen molar-refractivity contribution >= 4 is 34.2 Å². The van der Waals surface area contributed by atoms with Crippen molar-refractivity contribution in [1.29, 1.82) is 0 Å². The molecule has 1 heterocycles. The predicted molar refractivity (Wildman–Crippen MR) is 95.6 cm³/mol. The van der Waals surface area contributed by atoms with Crippen LogP contribution in [0.2, 0.25) is 5.02 Å². The number of para-hydroxylation sites is 2. The van der Waals surface area contributed by atoms with Crippen LogP contribution in [-0.4, -0.2) is 15.5 Å². The smallest absolute Gasteiger partial charge is 0.269 e. The zero-order chi connectivity index (χ0) is 17.3. The van der Waals surface area contributed by atoms with Gasteiger partial charge in [-0.15, -0.1) is 0 Å². The van der Waals surface area contributed by atoms with Gasteiger partial charge in [-0.3, -0.25) is 14.2 Å². The maximum Gasteiger partial charge on any atom is 0.269 e. The zero-order valence-electron chi connectivity index (χ0n) is 13.3. The van der Waals surface area contributed by atoms with E-state index < -0.39 is 0 Å². The summed E-state index contributed by atoms with van der Waals surface area (Å²) in [5, 5.41) is 3.27. The number of amides is 1. The van der Waals surface area contributed by atoms with E-state index in [1.165, 1.54) is 10.8 Å². The van der Waals surface area contributed by atoms with Gasteiger partial charge in [0.2, 0.25) is 5.91 Å². The Bertz CT molecular complexity index is 972. The molecule has 122 valence electrons. The van der Waals surface area contributed by atoms with E-state index in [2.05, 4.69) is 10.3 Å². The van der Waals surface area contributed by atoms with E-state index in [9.17, 15) is 9.59 Å². The summed E-state index contributed by atoms with van der Waals surface area (Å²) in [7, 11) is 0. The van der Waals surface area contributed by atoms with Crippen LogP contribution in [0.25, 0.3) is 11.0 Å². The monoisotopic (exact) mass is 341 g/mol. The van der Waals surface area contributed by atoms with Crippen LogP contribution < -0.4 is 10.9 Å². The van der Waals surface area contributed by atoms with Crippen LogP contribution >= 0.6 is 11.6 Å². The van der Waals surface area contributed by atoms with Gasteiger partial charge >= 0.3 is 0 Å². The Kier molecular flexibility index (Phi) is 4.36. The number of hydrogen-bond donors (Lipinski definition) is 1. The lowest BCUT2D eigenvalue weighted by Gasteiger charge is -2.13. The van der Waals surface area contributed by atoms with Gasteiger partial charge in [0.05, 0.1) is 27.9 Å². The van der Waals surface area contributed by atoms with E-state index in [1.807, 2.05) is 26.0 Å². The highest BCUT2D eigenvalue weighted by molar-refractivity contribution is 6.34. The van der Waals surface area contributed by atoms with Crippen LogP contribution in [0.15, 0.2) is 47.4 Å². The number of aryl methyl sites for hydroxylation is 2. The highest BCUT2D eigenvalue weighted by Gasteiger charge is 2.12. The van der Waals surface area contributed by atoms with Gasteiger partial charge < -0.3 is 5.32 Å². The maximum atomic E-state index is 12.4. The van der Waals surface area contributed by atoms with E-state index in [-0.39, 0.29) is 18.0 Å². The number of hydrogen-bond acceptors (Lipinski definition) is 3. The molecule has 0 saturated heterocycles. The summed E-state index contributed by atoms with van der Waals surface area (Å²) in [6.07, 6.45) is 1.22. The minimum Gasteiger partial charge on any atom is -0.323 e. The topological polar surface area (TPSA) is 64.0 Å². The molecule has 0 fully saturated rings. The third-order valence-corrected chi connectivity index (χ3v) is 4.05. The fourth-order valence-corrected chi connectivity index (χ4v) is 3.04. The quantitative estimate of drug-likeness (QED) is 0.795. The number of nitrogens with one attached hydrogen (secondary N) is 1. The van der Waals surface area contributed by atoms with Crippen molar-refractivity contribution < 1.29 is 4.79 Å². The standard InChI is InChI=1S/C18H16ClN3O2/c1-11-7-12(2)18(13(19)8-11)21-16(23)10-22-15-6-4-3-5-14(15)20-9-17(22)24/h3-9H,10H2,1-2H3,(H,21,23). The SMILES string of the molecule is Cc1cc(C)c(NC(=O)Cn2c(=O)cnc3ccccc32)c(Cl)c1. The van der Waals surface area contributed by atoms with E-state index in [0.717, 1.165) is 11.1 Å². The van der Waals surface area contributed by atoms with E-state index in [1.54, 1.807) is 24.3 Å². The van der Waals surface area contributed by atoms with Gasteiger partial charge in [-0.05, 0) is 43.2 Å². The molecule has 24 heavy (non-hydrogen) atoms. The highest BCUT2D eigenvalue weighted by Crippen LogP contribution is 2.27. The fourth-order valence-electron chi connectivity index (χ4n) is 2.67. The number of carbonyl (C=O) groups excluding carboxylic acids is 1. The Hall–Kier alpha value is -2.66. The summed E-state index contributed by atoms with van der Waals surface area (Å²) in [6.45, 7) is 3.71. The number of carbonyl (C=O) groups is 1. The first-order valence-corrected chi connectivity index (χ1v) is 7.84. The first-order chi connectivity index (χ1) is 11.5. The first-order valence-electron chi connectivity index (χ1n) is 7.47. The van der Waals surface area contributed by atoms with Gasteiger partial charge in [0.15, 0.2) is 0 Å². The molecule has 0 atom stereocenters. The molecule has 6 heteroatoms. The molecule has 0 bridgehead atoms. The van der Waals surface area contributed by atoms with Crippen LogP contribution in [0.3, 0.4) is 0 Å². The molecule has 0 unspecified atom stereocenters. The van der Waals surface area contributed by atoms with Crippen molar-refractivity contribution in [2.75, 3.05) is 5.32 Å². The van der Waals surface area contributed by atoms with Gasteiger partial charge in [0.1, 0.15) is 6.54 Å². The largest absolute Gasteiger partial charge is 0.323 e. The van der Waals surface area contributed by atoms with Crippen molar-refractivity contribution in [2.24, 2.45) is 0 Å². The number of nitrogens with zero attached hydrogens (tertiary/aromatic N) is 2. The van der Waals surface area contributed by atoms with Gasteiger partial charge in [0, 0.05) is 0 Å². The summed E-state index contributed by atoms with van der Waals surface area (Å²) in [6, 6.07) is 10.9. The number of aromatic nitrogens is 2. The van der Waals surface area contributed by atoms with E-state index in [4.69, 9.17) is 11.6 Å². The Balaban J connectivity index is 1.92. The lowest BCUT2D eigenvalue weighted by molar-refractivity contribution is -0.116. The lowest BCUT2D eigenvalue weighted by atomic mass is 10.1. The summed E-state index contributed by atoms with van der Waals surface area (Å²) < 4.78 is 1.40. The molecule has 0 radical (unpaired) electrons. The summed E-state index contributed by atoms with van der Waals surface area (Å²) in [5.74, 6) is -0.317. The molecule has 1 N–H and O–H groups in total. The van der Waals surface area contributed by atoms with Crippen LogP contribution in [0, 0.1) is 13.8 Å². The Morgan fingerprint density at radius 3 is 2.75 bits per heavy atom. The van der Waals surface area contributed by atoms with Crippen LogP contribution in [0.4, 0.5) is 5.69 Å². The zero-order valence-corrected chi connectivity index (χ0v) is 14.1. The number of fused-ring (bicyclic) bond motifs is 1.